The summed E-state index contributed by atoms with van der Waals surface area (Å²) in [6, 6.07) is 0. The van der Waals surface area contributed by atoms with E-state index in [1.54, 1.807) is 0 Å². The number of nitrogens with two attached hydrogens (primary N) is 1. The third kappa shape index (κ3) is 57.7. The van der Waals surface area contributed by atoms with Crippen LogP contribution in [0.25, 0.3) is 0 Å². The Bertz CT molecular complexity index is 242. The zero-order valence-electron chi connectivity index (χ0n) is 10.2. The molecular formula is C10H24Ga2NO5. The summed E-state index contributed by atoms with van der Waals surface area (Å²) in [5.41, 5.74) is 4.17. The molecule has 0 atom stereocenters. The van der Waals surface area contributed by atoms with E-state index >= 15 is 0 Å². The predicted octanol–water partition coefficient (Wildman–Crippen LogP) is -1.98. The van der Waals surface area contributed by atoms with Gasteiger partial charge in [0.1, 0.15) is 0 Å². The molecule has 0 aromatic heterocycles. The Balaban J connectivity index is -0.0000000536. The van der Waals surface area contributed by atoms with Crippen LogP contribution >= 0.6 is 0 Å². The van der Waals surface area contributed by atoms with E-state index in [0.29, 0.717) is 0 Å². The fourth-order valence-corrected chi connectivity index (χ4v) is 0.202. The number of ether oxygens (including phenoxy) is 1. The number of carbonyl (C=O) groups excluding carboxylic acids is 4. The zero-order valence-corrected chi connectivity index (χ0v) is 10.2. The second kappa shape index (κ2) is 21.8. The van der Waals surface area contributed by atoms with Crippen molar-refractivity contribution < 1.29 is 23.9 Å². The number of amides is 1. The van der Waals surface area contributed by atoms with Gasteiger partial charge >= 0.3 is 51.5 Å². The van der Waals surface area contributed by atoms with E-state index < -0.39 is 17.7 Å². The third-order valence-corrected chi connectivity index (χ3v) is 0.524. The molecule has 0 aromatic rings. The van der Waals surface area contributed by atoms with Crippen LogP contribution in [0.3, 0.4) is 0 Å². The van der Waals surface area contributed by atoms with E-state index in [0.717, 1.165) is 13.8 Å². The van der Waals surface area contributed by atoms with Crippen molar-refractivity contribution in [3.05, 3.63) is 5.92 Å². The molecule has 0 bridgehead atoms. The summed E-state index contributed by atoms with van der Waals surface area (Å²) in [6.07, 6.45) is 0.250. The first-order valence-electron chi connectivity index (χ1n) is 4.34. The molecule has 8 heteroatoms. The van der Waals surface area contributed by atoms with Crippen molar-refractivity contribution in [2.75, 3.05) is 0 Å². The van der Waals surface area contributed by atoms with Gasteiger partial charge in [0.2, 0.25) is 12.2 Å². The van der Waals surface area contributed by atoms with E-state index in [1.165, 1.54) is 5.92 Å². The molecule has 1 radical (unpaired) electrons. The standard InChI is InChI=1S/C5H6O4.C4H9.CH3NO.2Ga.6H/c1-3(6)5(8)9-4(2)7;1-4(2)3;2-1-3;;;;;;;;/h1-2H3;1-3H3;1H,(H2,2,3);;;;;;;;. The van der Waals surface area contributed by atoms with Gasteiger partial charge in [-0.05, 0) is 5.92 Å². The Kier molecular flexibility index (Phi) is 37.0. The van der Waals surface area contributed by atoms with Crippen molar-refractivity contribution in [1.82, 2.24) is 0 Å². The van der Waals surface area contributed by atoms with Crippen molar-refractivity contribution in [3.8, 4) is 0 Å². The quantitative estimate of drug-likeness (QED) is 0.187. The minimum absolute atomic E-state index is 0. The number of primary amides is 1. The average molecular weight is 378 g/mol. The van der Waals surface area contributed by atoms with E-state index in [-0.39, 0.29) is 46.0 Å². The Morgan fingerprint density at radius 3 is 1.22 bits per heavy atom. The van der Waals surface area contributed by atoms with Gasteiger partial charge in [-0.2, -0.15) is 0 Å². The molecule has 2 N–H and O–H groups in total. The van der Waals surface area contributed by atoms with Gasteiger partial charge in [-0.15, -0.1) is 0 Å². The first-order chi connectivity index (χ1) is 7.18. The molecule has 0 aliphatic rings. The molecule has 0 aliphatic carbocycles. The summed E-state index contributed by atoms with van der Waals surface area (Å²) < 4.78 is 3.88. The molecule has 0 fully saturated rings. The second-order valence-electron chi connectivity index (χ2n) is 3.07. The van der Waals surface area contributed by atoms with Crippen molar-refractivity contribution in [1.29, 1.82) is 0 Å². The van der Waals surface area contributed by atoms with Gasteiger partial charge in [0, 0.05) is 13.8 Å². The molecule has 1 amide bonds. The van der Waals surface area contributed by atoms with Gasteiger partial charge < -0.3 is 10.5 Å². The number of Topliss-reactive ketones (excluding diaryl/α,β-unsaturated/α-hetero) is 1. The van der Waals surface area contributed by atoms with Crippen LogP contribution in [-0.2, 0) is 23.9 Å². The minimum atomic E-state index is -1.11. The van der Waals surface area contributed by atoms with Crippen LogP contribution in [0.1, 0.15) is 34.6 Å². The first-order valence-corrected chi connectivity index (χ1v) is 4.34. The Hall–Kier alpha value is -0.447. The molecule has 0 unspecified atom stereocenters. The number of ketones is 1. The normalized spacial score (nSPS) is 6.78. The number of esters is 2. The SMILES string of the molecule is CC(=O)OC(=O)C(C)=O.C[C](C)C.NC=O.[GaH3].[GaH3]. The van der Waals surface area contributed by atoms with Crippen LogP contribution in [0.4, 0.5) is 0 Å². The fourth-order valence-electron chi connectivity index (χ4n) is 0.202. The van der Waals surface area contributed by atoms with Crippen LogP contribution in [-0.4, -0.2) is 63.7 Å². The Labute approximate surface area is 133 Å². The van der Waals surface area contributed by atoms with Crippen molar-refractivity contribution in [2.45, 2.75) is 34.6 Å². The molecule has 0 spiro atoms. The predicted molar refractivity (Wildman–Crippen MR) is 77.8 cm³/mol. The van der Waals surface area contributed by atoms with E-state index in [1.807, 2.05) is 0 Å². The van der Waals surface area contributed by atoms with E-state index in [9.17, 15) is 14.4 Å². The van der Waals surface area contributed by atoms with Crippen molar-refractivity contribution in [2.24, 2.45) is 5.73 Å². The maximum absolute atomic E-state index is 10.2. The third-order valence-electron chi connectivity index (χ3n) is 0.524. The molecular weight excluding hydrogens is 354 g/mol. The molecule has 6 nitrogen and oxygen atoms in total. The number of rotatable bonds is 1. The average Bonchev–Trinajstić information content (AvgIpc) is 2.02. The van der Waals surface area contributed by atoms with Crippen molar-refractivity contribution >= 4 is 63.7 Å². The maximum atomic E-state index is 10.2. The Morgan fingerprint density at radius 1 is 0.944 bits per heavy atom. The molecule has 0 rings (SSSR count). The second-order valence-corrected chi connectivity index (χ2v) is 3.07. The molecule has 0 aromatic carbocycles. The van der Waals surface area contributed by atoms with Gasteiger partial charge in [0.15, 0.2) is 0 Å². The summed E-state index contributed by atoms with van der Waals surface area (Å²) in [4.78, 5) is 38.8. The van der Waals surface area contributed by atoms with Crippen LogP contribution in [0.5, 0.6) is 0 Å². The molecule has 0 heterocycles. The van der Waals surface area contributed by atoms with Gasteiger partial charge in [-0.3, -0.25) is 14.4 Å². The van der Waals surface area contributed by atoms with Gasteiger partial charge in [0.05, 0.1) is 0 Å². The summed E-state index contributed by atoms with van der Waals surface area (Å²) in [5.74, 6) is -1.23. The number of hydrogen-bond acceptors (Lipinski definition) is 5. The van der Waals surface area contributed by atoms with Crippen LogP contribution in [0, 0.1) is 5.92 Å². The van der Waals surface area contributed by atoms with Crippen molar-refractivity contribution in [3.63, 3.8) is 0 Å². The van der Waals surface area contributed by atoms with Gasteiger partial charge in [0.25, 0.3) is 0 Å². The molecule has 105 valence electrons. The molecule has 0 saturated heterocycles. The van der Waals surface area contributed by atoms with Crippen LogP contribution in [0.15, 0.2) is 0 Å². The summed E-state index contributed by atoms with van der Waals surface area (Å²) in [7, 11) is 0. The zero-order chi connectivity index (χ0) is 13.7. The summed E-state index contributed by atoms with van der Waals surface area (Å²) in [5, 5.41) is 0. The molecule has 0 aliphatic heterocycles. The van der Waals surface area contributed by atoms with E-state index in [4.69, 9.17) is 4.79 Å². The summed E-state index contributed by atoms with van der Waals surface area (Å²) >= 11 is 0. The number of carbonyl (C=O) groups is 4. The topological polar surface area (TPSA) is 104 Å². The van der Waals surface area contributed by atoms with Crippen LogP contribution in [0.2, 0.25) is 0 Å². The van der Waals surface area contributed by atoms with E-state index in [2.05, 4.69) is 31.2 Å². The molecule has 0 saturated carbocycles. The summed E-state index contributed by atoms with van der Waals surface area (Å²) in [6.45, 7) is 8.34. The number of hydrogen-bond donors (Lipinski definition) is 1. The van der Waals surface area contributed by atoms with Gasteiger partial charge in [-0.25, -0.2) is 4.79 Å². The Morgan fingerprint density at radius 2 is 1.17 bits per heavy atom. The first kappa shape index (κ1) is 30.5. The van der Waals surface area contributed by atoms with Crippen LogP contribution < -0.4 is 5.73 Å². The molecule has 18 heavy (non-hydrogen) atoms. The fraction of sp³-hybridized carbons (Fsp3) is 0.500. The monoisotopic (exact) mass is 376 g/mol. The van der Waals surface area contributed by atoms with Gasteiger partial charge in [-0.1, -0.05) is 20.8 Å².